The van der Waals surface area contributed by atoms with E-state index in [1.54, 1.807) is 18.0 Å². The molecule has 0 aliphatic carbocycles. The number of aromatic amines is 1. The highest BCUT2D eigenvalue weighted by Gasteiger charge is 2.55. The smallest absolute Gasteiger partial charge is 0.330 e. The van der Waals surface area contributed by atoms with Gasteiger partial charge in [0.05, 0.1) is 0 Å². The summed E-state index contributed by atoms with van der Waals surface area (Å²) < 4.78 is 18.7. The number of carbonyl (C=O) groups excluding carboxylic acids is 2. The minimum Gasteiger partial charge on any atom is -0.387 e. The van der Waals surface area contributed by atoms with Gasteiger partial charge in [0.25, 0.3) is 11.5 Å². The molecule has 17 nitrogen and oxygen atoms in total. The maximum Gasteiger partial charge on any atom is 0.330 e. The molecule has 1 aromatic rings. The van der Waals surface area contributed by atoms with E-state index in [0.29, 0.717) is 6.54 Å². The molecule has 2 saturated heterocycles. The molecule has 2 amide bonds. The number of nitrogens with one attached hydrogen (secondary N) is 2. The molecule has 0 aromatic carbocycles. The standard InChI is InChI=1S/C33H54N6O11/c1-4-5-6-7-8-9-10-11-12-15-35-29(45)19-13-16-37(2)22(30(46)38(19)3)27(50-32-26(44)23(41)20(18-34)48-32)28-24(42)25(43)31(49-28)39-17-14-21(40)36-33(39)47/h13-14,17,20,22-28,31-32,41-44H,4-12,15-16,18,34H2,1-3H3,(H,35,45)(H,36,40,47)/t20?,22-,23?,24?,25?,26?,27-,28?,31?,32?/m0/s1. The minimum absolute atomic E-state index is 0.0672. The summed E-state index contributed by atoms with van der Waals surface area (Å²) in [6.45, 7) is 2.54. The lowest BCUT2D eigenvalue weighted by Crippen LogP contribution is -2.59. The average molecular weight is 711 g/mol. The molecule has 282 valence electrons. The fourth-order valence-corrected chi connectivity index (χ4v) is 6.67. The van der Waals surface area contributed by atoms with Gasteiger partial charge in [-0.05, 0) is 19.5 Å². The molecule has 8 N–H and O–H groups in total. The second-order valence-corrected chi connectivity index (χ2v) is 13.3. The predicted molar refractivity (Wildman–Crippen MR) is 179 cm³/mol. The maximum absolute atomic E-state index is 14.2. The number of H-pyrrole nitrogens is 1. The zero-order valence-corrected chi connectivity index (χ0v) is 29.1. The Morgan fingerprint density at radius 2 is 1.64 bits per heavy atom. The van der Waals surface area contributed by atoms with Crippen molar-refractivity contribution in [3.63, 3.8) is 0 Å². The Kier molecular flexibility index (Phi) is 14.7. The van der Waals surface area contributed by atoms with Gasteiger partial charge in [0.15, 0.2) is 12.5 Å². The van der Waals surface area contributed by atoms with Gasteiger partial charge in [0.1, 0.15) is 54.5 Å². The van der Waals surface area contributed by atoms with E-state index in [1.807, 2.05) is 0 Å². The van der Waals surface area contributed by atoms with Crippen LogP contribution in [0.25, 0.3) is 0 Å². The fraction of sp³-hybridized carbons (Fsp3) is 0.758. The van der Waals surface area contributed by atoms with Crippen LogP contribution in [0.2, 0.25) is 0 Å². The summed E-state index contributed by atoms with van der Waals surface area (Å²) in [6.07, 6.45) is -0.702. The second kappa shape index (κ2) is 18.5. The van der Waals surface area contributed by atoms with E-state index in [0.717, 1.165) is 42.5 Å². The first-order valence-corrected chi connectivity index (χ1v) is 17.6. The van der Waals surface area contributed by atoms with Crippen LogP contribution in [-0.2, 0) is 23.8 Å². The summed E-state index contributed by atoms with van der Waals surface area (Å²) in [5.41, 5.74) is 4.18. The first kappa shape index (κ1) is 39.8. The zero-order valence-electron chi connectivity index (χ0n) is 29.1. The molecule has 0 radical (unpaired) electrons. The van der Waals surface area contributed by atoms with Crippen molar-refractivity contribution in [3.8, 4) is 0 Å². The molecule has 4 rings (SSSR count). The topological polar surface area (TPSA) is 242 Å². The van der Waals surface area contributed by atoms with Crippen LogP contribution in [0.5, 0.6) is 0 Å². The number of nitrogens with zero attached hydrogens (tertiary/aromatic N) is 3. The van der Waals surface area contributed by atoms with Crippen LogP contribution in [-0.4, -0.2) is 140 Å². The van der Waals surface area contributed by atoms with Gasteiger partial charge in [-0.1, -0.05) is 58.3 Å². The van der Waals surface area contributed by atoms with E-state index < -0.39 is 84.4 Å². The molecule has 50 heavy (non-hydrogen) atoms. The van der Waals surface area contributed by atoms with Crippen molar-refractivity contribution < 1.29 is 44.2 Å². The maximum atomic E-state index is 14.2. The van der Waals surface area contributed by atoms with Crippen molar-refractivity contribution >= 4 is 11.8 Å². The van der Waals surface area contributed by atoms with Crippen LogP contribution in [0.4, 0.5) is 0 Å². The highest BCUT2D eigenvalue weighted by Crippen LogP contribution is 2.36. The molecular weight excluding hydrogens is 656 g/mol. The van der Waals surface area contributed by atoms with Gasteiger partial charge in [-0.3, -0.25) is 28.8 Å². The number of rotatable bonds is 17. The molecule has 10 atom stereocenters. The number of aliphatic hydroxyl groups excluding tert-OH is 4. The van der Waals surface area contributed by atoms with Gasteiger partial charge in [-0.2, -0.15) is 0 Å². The zero-order chi connectivity index (χ0) is 36.5. The fourth-order valence-electron chi connectivity index (χ4n) is 6.67. The molecule has 17 heteroatoms. The summed E-state index contributed by atoms with van der Waals surface area (Å²) in [5, 5.41) is 46.4. The van der Waals surface area contributed by atoms with Crippen LogP contribution < -0.4 is 22.3 Å². The van der Waals surface area contributed by atoms with E-state index in [4.69, 9.17) is 19.9 Å². The van der Waals surface area contributed by atoms with Gasteiger partial charge < -0.3 is 50.6 Å². The molecule has 8 unspecified atom stereocenters. The third-order valence-corrected chi connectivity index (χ3v) is 9.67. The van der Waals surface area contributed by atoms with Crippen molar-refractivity contribution in [2.75, 3.05) is 33.7 Å². The molecule has 3 aliphatic rings. The third kappa shape index (κ3) is 9.26. The van der Waals surface area contributed by atoms with Crippen molar-refractivity contribution in [3.05, 3.63) is 44.9 Å². The van der Waals surface area contributed by atoms with Crippen LogP contribution in [0.3, 0.4) is 0 Å². The normalized spacial score (nSPS) is 31.1. The summed E-state index contributed by atoms with van der Waals surface area (Å²) in [7, 11) is 3.01. The van der Waals surface area contributed by atoms with Crippen molar-refractivity contribution in [1.29, 1.82) is 0 Å². The number of amides is 2. The van der Waals surface area contributed by atoms with Crippen LogP contribution in [0, 0.1) is 0 Å². The number of aromatic nitrogens is 2. The van der Waals surface area contributed by atoms with Crippen LogP contribution >= 0.6 is 0 Å². The van der Waals surface area contributed by atoms with Crippen molar-refractivity contribution in [2.24, 2.45) is 5.73 Å². The first-order chi connectivity index (χ1) is 23.9. The van der Waals surface area contributed by atoms with Crippen LogP contribution in [0.15, 0.2) is 33.6 Å². The van der Waals surface area contributed by atoms with Crippen LogP contribution in [0.1, 0.15) is 70.9 Å². The lowest BCUT2D eigenvalue weighted by Gasteiger charge is -2.38. The Hall–Kier alpha value is -3.00. The summed E-state index contributed by atoms with van der Waals surface area (Å²) in [4.78, 5) is 56.5. The number of aliphatic hydroxyl groups is 4. The Morgan fingerprint density at radius 1 is 0.980 bits per heavy atom. The number of ether oxygens (including phenoxy) is 3. The molecule has 4 heterocycles. The SMILES string of the molecule is CCCCCCCCCCCNC(=O)C1=CCN(C)[C@@H]([C@H](OC2OC(CN)C(O)C2O)C2OC(n3ccc(=O)[nH]c3=O)C(O)C2O)C(=O)N1C. The summed E-state index contributed by atoms with van der Waals surface area (Å²) >= 11 is 0. The first-order valence-electron chi connectivity index (χ1n) is 17.6. The molecule has 1 aromatic heterocycles. The average Bonchev–Trinajstić information content (AvgIpc) is 3.49. The number of carbonyl (C=O) groups is 2. The van der Waals surface area contributed by atoms with Gasteiger partial charge in [-0.25, -0.2) is 4.79 Å². The van der Waals surface area contributed by atoms with Gasteiger partial charge in [-0.15, -0.1) is 0 Å². The number of hydrogen-bond acceptors (Lipinski definition) is 13. The highest BCUT2D eigenvalue weighted by atomic mass is 16.7. The molecule has 0 bridgehead atoms. The molecule has 3 aliphatic heterocycles. The third-order valence-electron chi connectivity index (χ3n) is 9.67. The van der Waals surface area contributed by atoms with E-state index in [9.17, 15) is 39.6 Å². The molecular formula is C33H54N6O11. The minimum atomic E-state index is -1.75. The van der Waals surface area contributed by atoms with Crippen molar-refractivity contribution in [2.45, 2.75) is 126 Å². The lowest BCUT2D eigenvalue weighted by atomic mass is 9.97. The number of unbranched alkanes of at least 4 members (excludes halogenated alkanes) is 8. The highest BCUT2D eigenvalue weighted by molar-refractivity contribution is 5.99. The Morgan fingerprint density at radius 3 is 2.26 bits per heavy atom. The Bertz CT molecular complexity index is 1420. The number of hydrogen-bond donors (Lipinski definition) is 7. The van der Waals surface area contributed by atoms with Crippen molar-refractivity contribution in [1.82, 2.24) is 24.7 Å². The largest absolute Gasteiger partial charge is 0.387 e. The quantitative estimate of drug-likeness (QED) is 0.0889. The van der Waals surface area contributed by atoms with E-state index in [2.05, 4.69) is 17.2 Å². The van der Waals surface area contributed by atoms with E-state index >= 15 is 0 Å². The van der Waals surface area contributed by atoms with Gasteiger partial charge >= 0.3 is 5.69 Å². The number of likely N-dealkylation sites (N-methyl/N-ethyl adjacent to an activating group) is 2. The molecule has 0 saturated carbocycles. The monoisotopic (exact) mass is 710 g/mol. The number of nitrogens with two attached hydrogens (primary N) is 1. The molecule has 0 spiro atoms. The van der Waals surface area contributed by atoms with E-state index in [-0.39, 0.29) is 18.8 Å². The second-order valence-electron chi connectivity index (χ2n) is 13.3. The summed E-state index contributed by atoms with van der Waals surface area (Å²) in [5.74, 6) is -1.08. The predicted octanol–water partition coefficient (Wildman–Crippen LogP) is -1.75. The summed E-state index contributed by atoms with van der Waals surface area (Å²) in [6, 6.07) is -0.269. The molecule has 2 fully saturated rings. The Balaban J connectivity index is 1.50. The van der Waals surface area contributed by atoms with Gasteiger partial charge in [0, 0.05) is 38.9 Å². The lowest BCUT2D eigenvalue weighted by molar-refractivity contribution is -0.232. The Labute approximate surface area is 291 Å². The van der Waals surface area contributed by atoms with E-state index in [1.165, 1.54) is 44.1 Å². The van der Waals surface area contributed by atoms with Gasteiger partial charge in [0.2, 0.25) is 5.91 Å².